The van der Waals surface area contributed by atoms with Gasteiger partial charge in [-0.1, -0.05) is 66.2 Å². The lowest BCUT2D eigenvalue weighted by Crippen LogP contribution is -2.37. The van der Waals surface area contributed by atoms with Gasteiger partial charge in [0.15, 0.2) is 5.78 Å². The van der Waals surface area contributed by atoms with Crippen LogP contribution in [-0.4, -0.2) is 32.1 Å². The molecule has 32 heavy (non-hydrogen) atoms. The highest BCUT2D eigenvalue weighted by Gasteiger charge is 2.25. The summed E-state index contributed by atoms with van der Waals surface area (Å²) in [6, 6.07) is 23.9. The number of nitrogens with one attached hydrogen (secondary N) is 1. The Morgan fingerprint density at radius 1 is 0.906 bits per heavy atom. The van der Waals surface area contributed by atoms with Gasteiger partial charge in [-0.3, -0.25) is 14.3 Å². The van der Waals surface area contributed by atoms with Crippen LogP contribution < -0.4 is 4.72 Å². The number of Topliss-reactive ketones (excluding diaryl/α,β-unsaturated/α-hetero) is 1. The van der Waals surface area contributed by atoms with E-state index in [2.05, 4.69) is 0 Å². The molecular weight excluding hydrogens is 466 g/mol. The van der Waals surface area contributed by atoms with Gasteiger partial charge in [0.25, 0.3) is 0 Å². The Morgan fingerprint density at radius 2 is 1.47 bits per heavy atom. The largest absolute Gasteiger partial charge is 0.294 e. The normalized spacial score (nSPS) is 12.2. The molecule has 8 heteroatoms. The monoisotopic (exact) mass is 487 g/mol. The molecular formula is C24H22ClNO4S2. The summed E-state index contributed by atoms with van der Waals surface area (Å²) in [5, 5.41) is 0.646. The molecule has 0 aromatic heterocycles. The van der Waals surface area contributed by atoms with Crippen molar-refractivity contribution >= 4 is 45.1 Å². The Labute approximate surface area is 197 Å². The summed E-state index contributed by atoms with van der Waals surface area (Å²) < 4.78 is 25.1. The molecule has 0 aliphatic heterocycles. The first kappa shape index (κ1) is 24.0. The van der Waals surface area contributed by atoms with Gasteiger partial charge in [0.2, 0.25) is 15.9 Å². The van der Waals surface area contributed by atoms with Crippen LogP contribution in [0.4, 0.5) is 0 Å². The number of amides is 1. The minimum Gasteiger partial charge on any atom is -0.294 e. The van der Waals surface area contributed by atoms with Crippen molar-refractivity contribution in [2.45, 2.75) is 11.3 Å². The minimum absolute atomic E-state index is 0.0958. The number of ketones is 1. The standard InChI is InChI=1S/C24H22ClNO4S2/c1-32(29,30)26-24(28)20(16-31-22-5-3-2-4-6-22)15-23(27)19-9-7-17(8-10-19)18-11-13-21(25)14-12-18/h2-14,20H,15-16H2,1H3,(H,26,28). The Balaban J connectivity index is 1.72. The highest BCUT2D eigenvalue weighted by Crippen LogP contribution is 2.25. The molecule has 0 aliphatic rings. The van der Waals surface area contributed by atoms with E-state index in [1.807, 2.05) is 59.3 Å². The Morgan fingerprint density at radius 3 is 2.03 bits per heavy atom. The molecule has 1 amide bonds. The van der Waals surface area contributed by atoms with Crippen LogP contribution in [0.15, 0.2) is 83.8 Å². The van der Waals surface area contributed by atoms with Crippen molar-refractivity contribution in [1.82, 2.24) is 4.72 Å². The third kappa shape index (κ3) is 7.22. The Kier molecular flexibility index (Phi) is 8.12. The van der Waals surface area contributed by atoms with Crippen LogP contribution in [0, 0.1) is 5.92 Å². The lowest BCUT2D eigenvalue weighted by Gasteiger charge is -2.15. The van der Waals surface area contributed by atoms with E-state index in [0.29, 0.717) is 10.6 Å². The van der Waals surface area contributed by atoms with Crippen LogP contribution in [0.2, 0.25) is 5.02 Å². The molecule has 0 fully saturated rings. The van der Waals surface area contributed by atoms with Gasteiger partial charge in [-0.25, -0.2) is 8.42 Å². The fraction of sp³-hybridized carbons (Fsp3) is 0.167. The van der Waals surface area contributed by atoms with E-state index in [4.69, 9.17) is 11.6 Å². The third-order valence-electron chi connectivity index (χ3n) is 4.67. The smallest absolute Gasteiger partial charge is 0.237 e. The number of sulfonamides is 1. The summed E-state index contributed by atoms with van der Waals surface area (Å²) >= 11 is 7.33. The highest BCUT2D eigenvalue weighted by atomic mass is 35.5. The van der Waals surface area contributed by atoms with E-state index < -0.39 is 21.8 Å². The number of benzene rings is 3. The maximum absolute atomic E-state index is 12.9. The number of hydrogen-bond donors (Lipinski definition) is 1. The van der Waals surface area contributed by atoms with E-state index in [9.17, 15) is 18.0 Å². The molecule has 3 aromatic carbocycles. The van der Waals surface area contributed by atoms with E-state index in [0.717, 1.165) is 22.3 Å². The lowest BCUT2D eigenvalue weighted by atomic mass is 9.97. The van der Waals surface area contributed by atoms with Gasteiger partial charge in [0.05, 0.1) is 12.2 Å². The molecule has 0 radical (unpaired) electrons. The van der Waals surface area contributed by atoms with Crippen LogP contribution in [0.1, 0.15) is 16.8 Å². The number of rotatable bonds is 9. The van der Waals surface area contributed by atoms with Gasteiger partial charge in [-0.2, -0.15) is 0 Å². The predicted molar refractivity (Wildman–Crippen MR) is 129 cm³/mol. The molecule has 3 aromatic rings. The fourth-order valence-corrected chi connectivity index (χ4v) is 4.71. The van der Waals surface area contributed by atoms with Crippen LogP contribution in [0.25, 0.3) is 11.1 Å². The SMILES string of the molecule is CS(=O)(=O)NC(=O)C(CSc1ccccc1)CC(=O)c1ccc(-c2ccc(Cl)cc2)cc1. The van der Waals surface area contributed by atoms with Crippen molar-refractivity contribution in [3.63, 3.8) is 0 Å². The first-order chi connectivity index (χ1) is 15.2. The quantitative estimate of drug-likeness (QED) is 0.337. The summed E-state index contributed by atoms with van der Waals surface area (Å²) in [5.74, 6) is -1.42. The number of thioether (sulfide) groups is 1. The van der Waals surface area contributed by atoms with Crippen LogP contribution in [0.3, 0.4) is 0 Å². The average molecular weight is 488 g/mol. The van der Waals surface area contributed by atoms with Crippen molar-refractivity contribution < 1.29 is 18.0 Å². The first-order valence-corrected chi connectivity index (χ1v) is 13.1. The Bertz CT molecular complexity index is 1180. The van der Waals surface area contributed by atoms with Crippen LogP contribution in [0.5, 0.6) is 0 Å². The number of hydrogen-bond acceptors (Lipinski definition) is 5. The zero-order valence-electron chi connectivity index (χ0n) is 17.3. The van der Waals surface area contributed by atoms with Crippen molar-refractivity contribution in [3.8, 4) is 11.1 Å². The predicted octanol–water partition coefficient (Wildman–Crippen LogP) is 5.06. The number of halogens is 1. The average Bonchev–Trinajstić information content (AvgIpc) is 2.76. The zero-order valence-corrected chi connectivity index (χ0v) is 19.7. The summed E-state index contributed by atoms with van der Waals surface area (Å²) in [6.45, 7) is 0. The third-order valence-corrected chi connectivity index (χ3v) is 6.67. The molecule has 3 rings (SSSR count). The van der Waals surface area contributed by atoms with Crippen molar-refractivity contribution in [1.29, 1.82) is 0 Å². The molecule has 1 unspecified atom stereocenters. The van der Waals surface area contributed by atoms with E-state index in [1.54, 1.807) is 24.3 Å². The molecule has 0 aliphatic carbocycles. The maximum Gasteiger partial charge on any atom is 0.237 e. The summed E-state index contributed by atoms with van der Waals surface area (Å²) in [5.41, 5.74) is 2.37. The van der Waals surface area contributed by atoms with E-state index >= 15 is 0 Å². The van der Waals surface area contributed by atoms with Crippen molar-refractivity contribution in [3.05, 3.63) is 89.4 Å². The second-order valence-corrected chi connectivity index (χ2v) is 10.5. The second-order valence-electron chi connectivity index (χ2n) is 7.27. The van der Waals surface area contributed by atoms with Gasteiger partial charge >= 0.3 is 0 Å². The van der Waals surface area contributed by atoms with Crippen molar-refractivity contribution in [2.24, 2.45) is 5.92 Å². The lowest BCUT2D eigenvalue weighted by molar-refractivity contribution is -0.122. The van der Waals surface area contributed by atoms with E-state index in [1.165, 1.54) is 11.8 Å². The molecule has 1 atom stereocenters. The molecule has 0 bridgehead atoms. The first-order valence-electron chi connectivity index (χ1n) is 9.80. The number of carbonyl (C=O) groups is 2. The van der Waals surface area contributed by atoms with Gasteiger partial charge in [-0.15, -0.1) is 11.8 Å². The molecule has 0 saturated heterocycles. The molecule has 166 valence electrons. The highest BCUT2D eigenvalue weighted by molar-refractivity contribution is 7.99. The minimum atomic E-state index is -3.72. The van der Waals surface area contributed by atoms with Gasteiger partial charge in [0.1, 0.15) is 0 Å². The van der Waals surface area contributed by atoms with Gasteiger partial charge < -0.3 is 0 Å². The summed E-state index contributed by atoms with van der Waals surface area (Å²) in [6.07, 6.45) is 0.824. The molecule has 0 heterocycles. The molecule has 0 saturated carbocycles. The van der Waals surface area contributed by atoms with Crippen LogP contribution >= 0.6 is 23.4 Å². The topological polar surface area (TPSA) is 80.3 Å². The molecule has 5 nitrogen and oxygen atoms in total. The second kappa shape index (κ2) is 10.8. The maximum atomic E-state index is 12.9. The van der Waals surface area contributed by atoms with Crippen molar-refractivity contribution in [2.75, 3.05) is 12.0 Å². The Hall–Kier alpha value is -2.61. The molecule has 1 N–H and O–H groups in total. The molecule has 0 spiro atoms. The van der Waals surface area contributed by atoms with Crippen LogP contribution in [-0.2, 0) is 14.8 Å². The summed E-state index contributed by atoms with van der Waals surface area (Å²) in [4.78, 5) is 26.4. The van der Waals surface area contributed by atoms with E-state index in [-0.39, 0.29) is 18.0 Å². The van der Waals surface area contributed by atoms with Gasteiger partial charge in [-0.05, 0) is 35.4 Å². The van der Waals surface area contributed by atoms with Gasteiger partial charge in [0, 0.05) is 27.7 Å². The summed E-state index contributed by atoms with van der Waals surface area (Å²) in [7, 11) is -3.72. The zero-order chi connectivity index (χ0) is 23.1. The number of carbonyl (C=O) groups excluding carboxylic acids is 2. The fourth-order valence-electron chi connectivity index (χ4n) is 3.04.